The van der Waals surface area contributed by atoms with Crippen molar-refractivity contribution in [3.63, 3.8) is 0 Å². The summed E-state index contributed by atoms with van der Waals surface area (Å²) in [4.78, 5) is 25.7. The lowest BCUT2D eigenvalue weighted by molar-refractivity contribution is -0.112. The lowest BCUT2D eigenvalue weighted by Crippen LogP contribution is -2.25. The number of para-hydroxylation sites is 1. The van der Waals surface area contributed by atoms with Crippen LogP contribution in [-0.4, -0.2) is 29.3 Å². The van der Waals surface area contributed by atoms with Crippen LogP contribution < -0.4 is 10.6 Å². The number of aryl methyl sites for hydroxylation is 1. The van der Waals surface area contributed by atoms with Gasteiger partial charge in [0.05, 0.1) is 11.3 Å². The Bertz CT molecular complexity index is 1060. The van der Waals surface area contributed by atoms with Crippen LogP contribution in [0.25, 0.3) is 10.9 Å². The summed E-state index contributed by atoms with van der Waals surface area (Å²) in [7, 11) is 0. The molecule has 3 aromatic rings. The molecule has 1 amide bonds. The van der Waals surface area contributed by atoms with Gasteiger partial charge in [-0.15, -0.1) is 0 Å². The average Bonchev–Trinajstić information content (AvgIpc) is 2.80. The highest BCUT2D eigenvalue weighted by Crippen LogP contribution is 2.28. The van der Waals surface area contributed by atoms with Crippen molar-refractivity contribution in [1.82, 2.24) is 9.88 Å². The van der Waals surface area contributed by atoms with Gasteiger partial charge in [0.25, 0.3) is 11.7 Å². The molecule has 1 aliphatic heterocycles. The largest absolute Gasteiger partial charge is 0.343 e. The van der Waals surface area contributed by atoms with Crippen LogP contribution >= 0.6 is 0 Å². The van der Waals surface area contributed by atoms with E-state index < -0.39 is 17.5 Å². The van der Waals surface area contributed by atoms with Crippen LogP contribution in [0.2, 0.25) is 0 Å². The molecule has 2 heterocycles. The SMILES string of the molecule is Cc1ccc(F)c(NC(=O)C(=O)c2c3n(c4ccccc24)CCNCC3)c1. The highest BCUT2D eigenvalue weighted by Gasteiger charge is 2.27. The fourth-order valence-electron chi connectivity index (χ4n) is 3.68. The highest BCUT2D eigenvalue weighted by molar-refractivity contribution is 6.48. The van der Waals surface area contributed by atoms with Crippen molar-refractivity contribution in [2.45, 2.75) is 19.9 Å². The van der Waals surface area contributed by atoms with Crippen LogP contribution in [0.1, 0.15) is 21.6 Å². The molecule has 0 aliphatic carbocycles. The normalized spacial score (nSPS) is 13.9. The first-order chi connectivity index (χ1) is 13.1. The Labute approximate surface area is 156 Å². The van der Waals surface area contributed by atoms with E-state index in [1.54, 1.807) is 13.0 Å². The second-order valence-corrected chi connectivity index (χ2v) is 6.76. The number of anilines is 1. The number of Topliss-reactive ketones (excluding diaryl/α,β-unsaturated/α-hetero) is 1. The van der Waals surface area contributed by atoms with E-state index >= 15 is 0 Å². The minimum atomic E-state index is -0.823. The molecule has 5 nitrogen and oxygen atoms in total. The first-order valence-electron chi connectivity index (χ1n) is 8.99. The second kappa shape index (κ2) is 6.96. The lowest BCUT2D eigenvalue weighted by atomic mass is 10.0. The van der Waals surface area contributed by atoms with Gasteiger partial charge < -0.3 is 15.2 Å². The van der Waals surface area contributed by atoms with Crippen LogP contribution in [-0.2, 0) is 17.8 Å². The molecular weight excluding hydrogens is 345 g/mol. The van der Waals surface area contributed by atoms with Gasteiger partial charge in [-0.3, -0.25) is 9.59 Å². The number of rotatable bonds is 3. The minimum Gasteiger partial charge on any atom is -0.343 e. The quantitative estimate of drug-likeness (QED) is 0.554. The van der Waals surface area contributed by atoms with Gasteiger partial charge in [-0.2, -0.15) is 0 Å². The summed E-state index contributed by atoms with van der Waals surface area (Å²) >= 11 is 0. The van der Waals surface area contributed by atoms with Crippen molar-refractivity contribution >= 4 is 28.3 Å². The van der Waals surface area contributed by atoms with E-state index in [1.807, 2.05) is 24.3 Å². The third-order valence-electron chi connectivity index (χ3n) is 4.93. The fourth-order valence-corrected chi connectivity index (χ4v) is 3.68. The molecule has 2 N–H and O–H groups in total. The molecule has 138 valence electrons. The van der Waals surface area contributed by atoms with E-state index in [0.717, 1.165) is 41.8 Å². The van der Waals surface area contributed by atoms with E-state index in [0.29, 0.717) is 12.0 Å². The monoisotopic (exact) mass is 365 g/mol. The van der Waals surface area contributed by atoms with E-state index in [4.69, 9.17) is 0 Å². The Morgan fingerprint density at radius 2 is 1.96 bits per heavy atom. The fraction of sp³-hybridized carbons (Fsp3) is 0.238. The van der Waals surface area contributed by atoms with E-state index in [1.165, 1.54) is 12.1 Å². The zero-order valence-electron chi connectivity index (χ0n) is 15.0. The van der Waals surface area contributed by atoms with Crippen molar-refractivity contribution in [1.29, 1.82) is 0 Å². The van der Waals surface area contributed by atoms with Gasteiger partial charge in [0.15, 0.2) is 0 Å². The van der Waals surface area contributed by atoms with Gasteiger partial charge in [-0.1, -0.05) is 24.3 Å². The molecule has 0 saturated heterocycles. The molecule has 0 unspecified atom stereocenters. The predicted octanol–water partition coefficient (Wildman–Crippen LogP) is 3.06. The zero-order valence-corrected chi connectivity index (χ0v) is 15.0. The van der Waals surface area contributed by atoms with Gasteiger partial charge in [-0.25, -0.2) is 4.39 Å². The topological polar surface area (TPSA) is 63.1 Å². The molecule has 0 radical (unpaired) electrons. The van der Waals surface area contributed by atoms with Crippen LogP contribution in [0.5, 0.6) is 0 Å². The van der Waals surface area contributed by atoms with Crippen LogP contribution in [0.4, 0.5) is 10.1 Å². The lowest BCUT2D eigenvalue weighted by Gasteiger charge is -2.09. The first kappa shape index (κ1) is 17.4. The molecule has 0 spiro atoms. The summed E-state index contributed by atoms with van der Waals surface area (Å²) in [6.07, 6.45) is 0.655. The van der Waals surface area contributed by atoms with Crippen molar-refractivity contribution in [2.75, 3.05) is 18.4 Å². The number of halogens is 1. The standard InChI is InChI=1S/C21H20FN3O2/c1-13-6-7-15(22)16(12-13)24-21(27)20(26)19-14-4-2-3-5-17(14)25-11-10-23-9-8-18(19)25/h2-7,12,23H,8-11H2,1H3,(H,24,27). The number of fused-ring (bicyclic) bond motifs is 3. The minimum absolute atomic E-state index is 0.0182. The number of hydrogen-bond donors (Lipinski definition) is 2. The van der Waals surface area contributed by atoms with E-state index in [-0.39, 0.29) is 5.69 Å². The van der Waals surface area contributed by atoms with Crippen molar-refractivity contribution in [2.24, 2.45) is 0 Å². The molecule has 6 heteroatoms. The van der Waals surface area contributed by atoms with Crippen LogP contribution in [0.3, 0.4) is 0 Å². The maximum atomic E-state index is 14.0. The van der Waals surface area contributed by atoms with E-state index in [2.05, 4.69) is 15.2 Å². The molecule has 0 fully saturated rings. The molecule has 0 bridgehead atoms. The third-order valence-corrected chi connectivity index (χ3v) is 4.93. The molecule has 27 heavy (non-hydrogen) atoms. The number of ketones is 1. The zero-order chi connectivity index (χ0) is 19.0. The molecule has 2 aromatic carbocycles. The summed E-state index contributed by atoms with van der Waals surface area (Å²) in [6, 6.07) is 12.0. The van der Waals surface area contributed by atoms with Crippen molar-refractivity contribution < 1.29 is 14.0 Å². The van der Waals surface area contributed by atoms with Crippen molar-refractivity contribution in [3.8, 4) is 0 Å². The summed E-state index contributed by atoms with van der Waals surface area (Å²) in [5, 5.41) is 6.51. The van der Waals surface area contributed by atoms with Gasteiger partial charge >= 0.3 is 0 Å². The molecule has 1 aliphatic rings. The van der Waals surface area contributed by atoms with Gasteiger partial charge in [0.1, 0.15) is 5.82 Å². The maximum absolute atomic E-state index is 14.0. The number of nitrogens with one attached hydrogen (secondary N) is 2. The number of aromatic nitrogens is 1. The molecular formula is C21H20FN3O2. The number of nitrogens with zero attached hydrogens (tertiary/aromatic N) is 1. The maximum Gasteiger partial charge on any atom is 0.296 e. The summed E-state index contributed by atoms with van der Waals surface area (Å²) < 4.78 is 16.1. The number of carbonyl (C=O) groups excluding carboxylic acids is 2. The Balaban J connectivity index is 1.75. The Kier molecular flexibility index (Phi) is 4.49. The average molecular weight is 365 g/mol. The van der Waals surface area contributed by atoms with Crippen LogP contribution in [0, 0.1) is 12.7 Å². The van der Waals surface area contributed by atoms with Gasteiger partial charge in [0, 0.05) is 42.7 Å². The number of carbonyl (C=O) groups is 2. The number of benzene rings is 2. The Hall–Kier alpha value is -2.99. The smallest absolute Gasteiger partial charge is 0.296 e. The van der Waals surface area contributed by atoms with Gasteiger partial charge in [-0.05, 0) is 30.7 Å². The summed E-state index contributed by atoms with van der Waals surface area (Å²) in [5.74, 6) is -2.02. The number of hydrogen-bond acceptors (Lipinski definition) is 3. The van der Waals surface area contributed by atoms with Gasteiger partial charge in [0.2, 0.25) is 0 Å². The highest BCUT2D eigenvalue weighted by atomic mass is 19.1. The molecule has 4 rings (SSSR count). The van der Waals surface area contributed by atoms with E-state index in [9.17, 15) is 14.0 Å². The van der Waals surface area contributed by atoms with Crippen LogP contribution in [0.15, 0.2) is 42.5 Å². The summed E-state index contributed by atoms with van der Waals surface area (Å²) in [6.45, 7) is 4.08. The summed E-state index contributed by atoms with van der Waals surface area (Å²) in [5.41, 5.74) is 3.03. The van der Waals surface area contributed by atoms with Crippen molar-refractivity contribution in [3.05, 3.63) is 65.1 Å². The second-order valence-electron chi connectivity index (χ2n) is 6.76. The molecule has 0 saturated carbocycles. The predicted molar refractivity (Wildman–Crippen MR) is 103 cm³/mol. The first-order valence-corrected chi connectivity index (χ1v) is 8.99. The number of amides is 1. The molecule has 1 aromatic heterocycles. The molecule has 0 atom stereocenters. The third kappa shape index (κ3) is 3.13. The Morgan fingerprint density at radius 3 is 2.81 bits per heavy atom. The Morgan fingerprint density at radius 1 is 1.15 bits per heavy atom.